The van der Waals surface area contributed by atoms with Crippen molar-refractivity contribution in [1.29, 1.82) is 0 Å². The van der Waals surface area contributed by atoms with Gasteiger partial charge >= 0.3 is 0 Å². The maximum absolute atomic E-state index is 12.3. The van der Waals surface area contributed by atoms with E-state index in [1.807, 2.05) is 13.8 Å². The van der Waals surface area contributed by atoms with Gasteiger partial charge in [-0.2, -0.15) is 0 Å². The summed E-state index contributed by atoms with van der Waals surface area (Å²) < 4.78 is 10.5. The van der Waals surface area contributed by atoms with Gasteiger partial charge in [-0.1, -0.05) is 0 Å². The van der Waals surface area contributed by atoms with Crippen molar-refractivity contribution in [2.75, 3.05) is 33.5 Å². The Morgan fingerprint density at radius 1 is 1.14 bits per heavy atom. The van der Waals surface area contributed by atoms with Crippen LogP contribution in [0, 0.1) is 0 Å². The van der Waals surface area contributed by atoms with Gasteiger partial charge in [-0.25, -0.2) is 0 Å². The lowest BCUT2D eigenvalue weighted by Crippen LogP contribution is -2.41. The summed E-state index contributed by atoms with van der Waals surface area (Å²) in [4.78, 5) is 27.5. The van der Waals surface area contributed by atoms with Gasteiger partial charge in [-0.15, -0.1) is 0 Å². The number of ether oxygens (including phenoxy) is 2. The molecule has 2 amide bonds. The summed E-state index contributed by atoms with van der Waals surface area (Å²) in [5, 5.41) is 0. The van der Waals surface area contributed by atoms with E-state index < -0.39 is 0 Å². The Kier molecular flexibility index (Phi) is 4.67. The van der Waals surface area contributed by atoms with Gasteiger partial charge in [0.1, 0.15) is 0 Å². The molecule has 0 atom stereocenters. The molecule has 0 aromatic heterocycles. The fraction of sp³-hybridized carbons (Fsp3) is 0.467. The topological polar surface area (TPSA) is 59.1 Å². The molecular formula is C15H20N2O4. The van der Waals surface area contributed by atoms with E-state index >= 15 is 0 Å². The quantitative estimate of drug-likeness (QED) is 0.822. The normalized spacial score (nSPS) is 12.1. The summed E-state index contributed by atoms with van der Waals surface area (Å²) in [6, 6.07) is 5.02. The summed E-state index contributed by atoms with van der Waals surface area (Å²) in [6.07, 6.45) is 0. The van der Waals surface area contributed by atoms with Crippen molar-refractivity contribution in [2.45, 2.75) is 13.8 Å². The predicted molar refractivity (Wildman–Crippen MR) is 77.5 cm³/mol. The van der Waals surface area contributed by atoms with Crippen molar-refractivity contribution in [3.8, 4) is 11.5 Å². The van der Waals surface area contributed by atoms with Crippen LogP contribution in [0.5, 0.6) is 11.5 Å². The van der Waals surface area contributed by atoms with Crippen LogP contribution in [0.4, 0.5) is 0 Å². The van der Waals surface area contributed by atoms with Gasteiger partial charge in [0.25, 0.3) is 5.91 Å². The minimum atomic E-state index is -0.214. The summed E-state index contributed by atoms with van der Waals surface area (Å²) in [5.74, 6) is 0.920. The van der Waals surface area contributed by atoms with Crippen molar-refractivity contribution in [2.24, 2.45) is 0 Å². The SMILES string of the molecule is CCN(CC)C(=O)CN(C)C(=O)c1ccc2c(c1)OCO2. The second-order valence-corrected chi connectivity index (χ2v) is 4.80. The molecule has 0 radical (unpaired) electrons. The van der Waals surface area contributed by atoms with Crippen LogP contribution in [0.25, 0.3) is 0 Å². The molecule has 1 aromatic carbocycles. The number of carbonyl (C=O) groups excluding carboxylic acids is 2. The average molecular weight is 292 g/mol. The minimum Gasteiger partial charge on any atom is -0.454 e. The first kappa shape index (κ1) is 15.2. The standard InChI is InChI=1S/C15H20N2O4/c1-4-17(5-2)14(18)9-16(3)15(19)11-6-7-12-13(8-11)21-10-20-12/h6-8H,4-5,9-10H2,1-3H3. The zero-order chi connectivity index (χ0) is 15.4. The molecule has 0 saturated carbocycles. The third kappa shape index (κ3) is 3.26. The summed E-state index contributed by atoms with van der Waals surface area (Å²) >= 11 is 0. The third-order valence-corrected chi connectivity index (χ3v) is 3.45. The number of rotatable bonds is 5. The zero-order valence-electron chi connectivity index (χ0n) is 12.6. The molecule has 0 unspecified atom stereocenters. The number of fused-ring (bicyclic) bond motifs is 1. The van der Waals surface area contributed by atoms with Gasteiger partial charge in [0.2, 0.25) is 12.7 Å². The van der Waals surface area contributed by atoms with E-state index in [1.54, 1.807) is 30.1 Å². The molecule has 1 heterocycles. The lowest BCUT2D eigenvalue weighted by molar-refractivity contribution is -0.131. The first-order valence-electron chi connectivity index (χ1n) is 6.99. The van der Waals surface area contributed by atoms with Gasteiger partial charge in [-0.05, 0) is 32.0 Å². The van der Waals surface area contributed by atoms with Crippen LogP contribution in [0.2, 0.25) is 0 Å². The summed E-state index contributed by atoms with van der Waals surface area (Å²) in [5.41, 5.74) is 0.481. The van der Waals surface area contributed by atoms with Crippen molar-refractivity contribution >= 4 is 11.8 Å². The Morgan fingerprint density at radius 2 is 1.81 bits per heavy atom. The monoisotopic (exact) mass is 292 g/mol. The fourth-order valence-corrected chi connectivity index (χ4v) is 2.20. The fourth-order valence-electron chi connectivity index (χ4n) is 2.20. The van der Waals surface area contributed by atoms with Crippen molar-refractivity contribution in [3.63, 3.8) is 0 Å². The van der Waals surface area contributed by atoms with Crippen LogP contribution >= 0.6 is 0 Å². The maximum Gasteiger partial charge on any atom is 0.254 e. The Hall–Kier alpha value is -2.24. The van der Waals surface area contributed by atoms with Crippen LogP contribution < -0.4 is 9.47 Å². The highest BCUT2D eigenvalue weighted by Crippen LogP contribution is 2.32. The first-order chi connectivity index (χ1) is 10.1. The molecule has 0 fully saturated rings. The highest BCUT2D eigenvalue weighted by atomic mass is 16.7. The Labute approximate surface area is 124 Å². The third-order valence-electron chi connectivity index (χ3n) is 3.45. The van der Waals surface area contributed by atoms with E-state index in [9.17, 15) is 9.59 Å². The Bertz CT molecular complexity index is 540. The number of likely N-dealkylation sites (N-methyl/N-ethyl adjacent to an activating group) is 2. The summed E-state index contributed by atoms with van der Waals surface area (Å²) in [7, 11) is 1.62. The van der Waals surface area contributed by atoms with Crippen LogP contribution in [-0.4, -0.2) is 55.1 Å². The van der Waals surface area contributed by atoms with Gasteiger partial charge in [0, 0.05) is 25.7 Å². The maximum atomic E-state index is 12.3. The largest absolute Gasteiger partial charge is 0.454 e. The lowest BCUT2D eigenvalue weighted by Gasteiger charge is -2.23. The van der Waals surface area contributed by atoms with Crippen LogP contribution in [0.1, 0.15) is 24.2 Å². The van der Waals surface area contributed by atoms with Gasteiger partial charge < -0.3 is 19.3 Å². The molecule has 1 aromatic rings. The van der Waals surface area contributed by atoms with E-state index in [1.165, 1.54) is 4.90 Å². The predicted octanol–water partition coefficient (Wildman–Crippen LogP) is 1.36. The molecule has 6 nitrogen and oxygen atoms in total. The van der Waals surface area contributed by atoms with E-state index in [-0.39, 0.29) is 25.2 Å². The number of carbonyl (C=O) groups is 2. The summed E-state index contributed by atoms with van der Waals surface area (Å²) in [6.45, 7) is 5.35. The highest BCUT2D eigenvalue weighted by Gasteiger charge is 2.20. The molecule has 2 rings (SSSR count). The van der Waals surface area contributed by atoms with E-state index in [2.05, 4.69) is 0 Å². The number of nitrogens with zero attached hydrogens (tertiary/aromatic N) is 2. The first-order valence-corrected chi connectivity index (χ1v) is 6.99. The molecule has 1 aliphatic rings. The van der Waals surface area contributed by atoms with Gasteiger partial charge in [0.05, 0.1) is 6.54 Å². The van der Waals surface area contributed by atoms with E-state index in [0.717, 1.165) is 0 Å². The molecule has 1 aliphatic heterocycles. The molecule has 0 aliphatic carbocycles. The molecule has 6 heteroatoms. The lowest BCUT2D eigenvalue weighted by atomic mass is 10.2. The average Bonchev–Trinajstić information content (AvgIpc) is 2.94. The second-order valence-electron chi connectivity index (χ2n) is 4.80. The number of hydrogen-bond acceptors (Lipinski definition) is 4. The second kappa shape index (κ2) is 6.47. The van der Waals surface area contributed by atoms with Crippen LogP contribution in [0.3, 0.4) is 0 Å². The van der Waals surface area contributed by atoms with Crippen molar-refractivity contribution < 1.29 is 19.1 Å². The van der Waals surface area contributed by atoms with Gasteiger partial charge in [-0.3, -0.25) is 9.59 Å². The van der Waals surface area contributed by atoms with E-state index in [0.29, 0.717) is 30.2 Å². The zero-order valence-corrected chi connectivity index (χ0v) is 12.6. The smallest absolute Gasteiger partial charge is 0.254 e. The van der Waals surface area contributed by atoms with Crippen LogP contribution in [0.15, 0.2) is 18.2 Å². The molecule has 114 valence electrons. The Morgan fingerprint density at radius 3 is 2.48 bits per heavy atom. The number of amides is 2. The Balaban J connectivity index is 2.04. The molecule has 0 bridgehead atoms. The molecule has 0 spiro atoms. The highest BCUT2D eigenvalue weighted by molar-refractivity contribution is 5.97. The van der Waals surface area contributed by atoms with Gasteiger partial charge in [0.15, 0.2) is 11.5 Å². The molecular weight excluding hydrogens is 272 g/mol. The molecule has 0 saturated heterocycles. The number of hydrogen-bond donors (Lipinski definition) is 0. The molecule has 21 heavy (non-hydrogen) atoms. The van der Waals surface area contributed by atoms with Crippen LogP contribution in [-0.2, 0) is 4.79 Å². The van der Waals surface area contributed by atoms with Crippen molar-refractivity contribution in [1.82, 2.24) is 9.80 Å². The molecule has 0 N–H and O–H groups in total. The number of benzene rings is 1. The van der Waals surface area contributed by atoms with Crippen molar-refractivity contribution in [3.05, 3.63) is 23.8 Å². The minimum absolute atomic E-state index is 0.0587. The van der Waals surface area contributed by atoms with E-state index in [4.69, 9.17) is 9.47 Å².